The molecule has 2 amide bonds. The molecule has 1 heterocycles. The highest BCUT2D eigenvalue weighted by molar-refractivity contribution is 7.18. The van der Waals surface area contributed by atoms with Crippen LogP contribution in [0.5, 0.6) is 0 Å². The summed E-state index contributed by atoms with van der Waals surface area (Å²) in [6.07, 6.45) is 8.01. The number of carbonyl (C=O) groups excluding carboxylic acids is 3. The Hall–Kier alpha value is -2.54. The van der Waals surface area contributed by atoms with Gasteiger partial charge in [0, 0.05) is 30.9 Å². The first-order valence-electron chi connectivity index (χ1n) is 12.1. The Morgan fingerprint density at radius 2 is 1.67 bits per heavy atom. The van der Waals surface area contributed by atoms with Crippen molar-refractivity contribution in [1.29, 1.82) is 0 Å². The van der Waals surface area contributed by atoms with Crippen LogP contribution >= 0.6 is 11.3 Å². The van der Waals surface area contributed by atoms with E-state index >= 15 is 0 Å². The summed E-state index contributed by atoms with van der Waals surface area (Å²) in [7, 11) is 0. The van der Waals surface area contributed by atoms with Crippen molar-refractivity contribution in [3.8, 4) is 11.3 Å². The quantitative estimate of drug-likeness (QED) is 0.421. The maximum Gasteiger partial charge on any atom is 0.226 e. The maximum atomic E-state index is 13.0. The lowest BCUT2D eigenvalue weighted by Crippen LogP contribution is -2.53. The molecule has 0 aliphatic heterocycles. The number of hydrogen-bond acceptors (Lipinski definition) is 5. The van der Waals surface area contributed by atoms with Crippen molar-refractivity contribution in [2.45, 2.75) is 58.3 Å². The lowest BCUT2D eigenvalue weighted by molar-refractivity contribution is -0.146. The minimum absolute atomic E-state index is 0.0701. The second kappa shape index (κ2) is 9.01. The van der Waals surface area contributed by atoms with Crippen molar-refractivity contribution in [1.82, 2.24) is 10.3 Å². The number of amides is 2. The normalized spacial score (nSPS) is 27.4. The first-order valence-corrected chi connectivity index (χ1v) is 12.9. The topological polar surface area (TPSA) is 88.2 Å². The number of nitrogens with one attached hydrogen (secondary N) is 2. The number of Topliss-reactive ketones (excluding diaryl/α,β-unsaturated/α-hetero) is 1. The zero-order valence-corrected chi connectivity index (χ0v) is 19.9. The van der Waals surface area contributed by atoms with Gasteiger partial charge < -0.3 is 10.6 Å². The Bertz CT molecular complexity index is 1030. The molecule has 0 saturated heterocycles. The molecule has 2 aromatic rings. The van der Waals surface area contributed by atoms with E-state index < -0.39 is 0 Å². The van der Waals surface area contributed by atoms with Crippen LogP contribution in [-0.2, 0) is 9.59 Å². The van der Waals surface area contributed by atoms with Gasteiger partial charge in [-0.2, -0.15) is 0 Å². The van der Waals surface area contributed by atoms with E-state index in [2.05, 4.69) is 15.6 Å². The fourth-order valence-corrected chi connectivity index (χ4v) is 7.51. The summed E-state index contributed by atoms with van der Waals surface area (Å²) in [5.41, 5.74) is 1.31. The van der Waals surface area contributed by atoms with Gasteiger partial charge >= 0.3 is 0 Å². The van der Waals surface area contributed by atoms with E-state index in [1.165, 1.54) is 37.5 Å². The van der Waals surface area contributed by atoms with Gasteiger partial charge in [-0.1, -0.05) is 41.7 Å². The van der Waals surface area contributed by atoms with Gasteiger partial charge in [0.05, 0.1) is 10.6 Å². The van der Waals surface area contributed by atoms with Crippen molar-refractivity contribution < 1.29 is 14.4 Å². The monoisotopic (exact) mass is 465 g/mol. The van der Waals surface area contributed by atoms with Crippen LogP contribution in [-0.4, -0.2) is 29.1 Å². The largest absolute Gasteiger partial charge is 0.356 e. The van der Waals surface area contributed by atoms with Gasteiger partial charge in [0.15, 0.2) is 10.9 Å². The SMILES string of the molecule is CC(=O)c1sc(NC(=O)CCCNC(=O)C23CC4CC(CC(C4)C2)C3)nc1-c1ccccc1. The summed E-state index contributed by atoms with van der Waals surface area (Å²) >= 11 is 1.20. The van der Waals surface area contributed by atoms with Crippen LogP contribution in [0.25, 0.3) is 11.3 Å². The third kappa shape index (κ3) is 4.60. The fourth-order valence-electron chi connectivity index (χ4n) is 6.61. The minimum Gasteiger partial charge on any atom is -0.356 e. The Labute approximate surface area is 198 Å². The molecule has 0 unspecified atom stereocenters. The van der Waals surface area contributed by atoms with Crippen LogP contribution in [0.4, 0.5) is 5.13 Å². The van der Waals surface area contributed by atoms with Crippen molar-refractivity contribution in [2.24, 2.45) is 23.2 Å². The highest BCUT2D eigenvalue weighted by Crippen LogP contribution is 2.60. The molecule has 4 aliphatic carbocycles. The van der Waals surface area contributed by atoms with Gasteiger partial charge in [-0.3, -0.25) is 14.4 Å². The molecule has 33 heavy (non-hydrogen) atoms. The van der Waals surface area contributed by atoms with Gasteiger partial charge in [-0.25, -0.2) is 4.98 Å². The van der Waals surface area contributed by atoms with E-state index in [0.717, 1.165) is 42.6 Å². The highest BCUT2D eigenvalue weighted by atomic mass is 32.1. The summed E-state index contributed by atoms with van der Waals surface area (Å²) in [5.74, 6) is 2.22. The van der Waals surface area contributed by atoms with Crippen molar-refractivity contribution in [2.75, 3.05) is 11.9 Å². The lowest BCUT2D eigenvalue weighted by atomic mass is 9.49. The molecule has 4 fully saturated rings. The van der Waals surface area contributed by atoms with Crippen molar-refractivity contribution >= 4 is 34.1 Å². The van der Waals surface area contributed by atoms with Crippen molar-refractivity contribution in [3.63, 3.8) is 0 Å². The van der Waals surface area contributed by atoms with Crippen LogP contribution in [0.1, 0.15) is 68.0 Å². The first kappa shape index (κ1) is 22.3. The highest BCUT2D eigenvalue weighted by Gasteiger charge is 2.54. The first-order chi connectivity index (χ1) is 15.9. The van der Waals surface area contributed by atoms with Gasteiger partial charge in [0.1, 0.15) is 0 Å². The molecule has 4 saturated carbocycles. The number of aromatic nitrogens is 1. The Balaban J connectivity index is 1.12. The second-order valence-corrected chi connectivity index (χ2v) is 11.2. The molecule has 174 valence electrons. The Morgan fingerprint density at radius 1 is 1.03 bits per heavy atom. The van der Waals surface area contributed by atoms with Crippen LogP contribution in [0.2, 0.25) is 0 Å². The number of rotatable bonds is 8. The van der Waals surface area contributed by atoms with Gasteiger partial charge in [0.25, 0.3) is 0 Å². The predicted octanol–water partition coefficient (Wildman–Crippen LogP) is 5.06. The zero-order chi connectivity index (χ0) is 23.0. The summed E-state index contributed by atoms with van der Waals surface area (Å²) < 4.78 is 0. The number of thiazole rings is 1. The van der Waals surface area contributed by atoms with Gasteiger partial charge in [-0.05, 0) is 62.7 Å². The van der Waals surface area contributed by atoms with E-state index in [-0.39, 0.29) is 23.0 Å². The molecule has 7 heteroatoms. The summed E-state index contributed by atoms with van der Waals surface area (Å²) in [6, 6.07) is 9.51. The third-order valence-corrected chi connectivity index (χ3v) is 8.70. The molecule has 1 aromatic carbocycles. The molecular formula is C26H31N3O3S. The molecule has 0 atom stereocenters. The average Bonchev–Trinajstić information content (AvgIpc) is 3.20. The predicted molar refractivity (Wildman–Crippen MR) is 129 cm³/mol. The summed E-state index contributed by atoms with van der Waals surface area (Å²) in [4.78, 5) is 42.6. The van der Waals surface area contributed by atoms with Crippen molar-refractivity contribution in [3.05, 3.63) is 35.2 Å². The zero-order valence-electron chi connectivity index (χ0n) is 19.1. The fraction of sp³-hybridized carbons (Fsp3) is 0.538. The van der Waals surface area contributed by atoms with E-state index in [1.54, 1.807) is 0 Å². The van der Waals surface area contributed by atoms with Crippen LogP contribution in [0.3, 0.4) is 0 Å². The Morgan fingerprint density at radius 3 is 2.27 bits per heavy atom. The number of hydrogen-bond donors (Lipinski definition) is 2. The third-order valence-electron chi connectivity index (χ3n) is 7.63. The van der Waals surface area contributed by atoms with E-state index in [9.17, 15) is 14.4 Å². The van der Waals surface area contributed by atoms with Crippen LogP contribution < -0.4 is 10.6 Å². The van der Waals surface area contributed by atoms with E-state index in [1.807, 2.05) is 30.3 Å². The maximum absolute atomic E-state index is 13.0. The molecule has 0 spiro atoms. The lowest BCUT2D eigenvalue weighted by Gasteiger charge is -2.55. The molecular weight excluding hydrogens is 434 g/mol. The van der Waals surface area contributed by atoms with Gasteiger partial charge in [0.2, 0.25) is 11.8 Å². The van der Waals surface area contributed by atoms with E-state index in [0.29, 0.717) is 35.1 Å². The molecule has 6 nitrogen and oxygen atoms in total. The minimum atomic E-state index is -0.150. The smallest absolute Gasteiger partial charge is 0.226 e. The number of carbonyl (C=O) groups is 3. The molecule has 0 radical (unpaired) electrons. The average molecular weight is 466 g/mol. The number of anilines is 1. The molecule has 4 aliphatic rings. The van der Waals surface area contributed by atoms with Gasteiger partial charge in [-0.15, -0.1) is 0 Å². The van der Waals surface area contributed by atoms with E-state index in [4.69, 9.17) is 0 Å². The van der Waals surface area contributed by atoms with Crippen LogP contribution in [0.15, 0.2) is 30.3 Å². The standard InChI is InChI=1S/C26H31N3O3S/c1-16(30)23-22(20-6-3-2-4-7-20)29-25(33-23)28-21(31)8-5-9-27-24(32)26-13-17-10-18(14-26)12-19(11-17)15-26/h2-4,6-7,17-19H,5,8-15H2,1H3,(H,27,32)(H,28,29,31). The van der Waals surface area contributed by atoms with Crippen LogP contribution in [0, 0.1) is 23.2 Å². The number of ketones is 1. The molecule has 1 aromatic heterocycles. The number of nitrogens with zero attached hydrogens (tertiary/aromatic N) is 1. The number of benzene rings is 1. The summed E-state index contributed by atoms with van der Waals surface area (Å²) in [5, 5.41) is 6.39. The summed E-state index contributed by atoms with van der Waals surface area (Å²) in [6.45, 7) is 2.03. The molecule has 6 rings (SSSR count). The second-order valence-electron chi connectivity index (χ2n) is 10.2. The molecule has 4 bridgehead atoms. The molecule has 2 N–H and O–H groups in total. The Kier molecular flexibility index (Phi) is 6.08.